The molecule has 1 atom stereocenters. The number of benzene rings is 1. The van der Waals surface area contributed by atoms with Crippen molar-refractivity contribution in [2.75, 3.05) is 18.5 Å². The lowest BCUT2D eigenvalue weighted by Gasteiger charge is -2.23. The second-order valence-electron chi connectivity index (χ2n) is 5.70. The molecule has 1 aliphatic heterocycles. The van der Waals surface area contributed by atoms with Crippen LogP contribution >= 0.6 is 0 Å². The summed E-state index contributed by atoms with van der Waals surface area (Å²) in [5.74, 6) is 0.233. The maximum absolute atomic E-state index is 12.3. The summed E-state index contributed by atoms with van der Waals surface area (Å²) in [6.45, 7) is 1.23. The van der Waals surface area contributed by atoms with Crippen LogP contribution in [-0.2, 0) is 4.74 Å². The third-order valence-corrected chi connectivity index (χ3v) is 3.87. The van der Waals surface area contributed by atoms with Gasteiger partial charge in [-0.15, -0.1) is 0 Å². The van der Waals surface area contributed by atoms with Crippen molar-refractivity contribution in [1.82, 2.24) is 0 Å². The summed E-state index contributed by atoms with van der Waals surface area (Å²) in [5, 5.41) is 14.1. The van der Waals surface area contributed by atoms with Gasteiger partial charge < -0.3 is 20.0 Å². The summed E-state index contributed by atoms with van der Waals surface area (Å²) >= 11 is 0. The molecule has 1 N–H and O–H groups in total. The molecular formula is C18H20N2O4. The standard InChI is InChI=1S/C18H20N2O4/c21-18(14-6-5-10-20(22)12-14)19-16-8-1-2-9-17(16)24-13-15-7-3-4-11-23-15/h1-2,5-6,8-10,12,15H,3-4,7,11,13H2,(H,19,21). The van der Waals surface area contributed by atoms with Gasteiger partial charge in [0, 0.05) is 12.7 Å². The Morgan fingerprint density at radius 1 is 1.29 bits per heavy atom. The Kier molecular flexibility index (Phi) is 5.28. The molecule has 24 heavy (non-hydrogen) atoms. The van der Waals surface area contributed by atoms with Crippen LogP contribution in [0.25, 0.3) is 0 Å². The minimum atomic E-state index is -0.356. The molecule has 1 aromatic carbocycles. The van der Waals surface area contributed by atoms with E-state index in [1.807, 2.05) is 12.1 Å². The van der Waals surface area contributed by atoms with E-state index in [4.69, 9.17) is 9.47 Å². The second kappa shape index (κ2) is 7.79. The summed E-state index contributed by atoms with van der Waals surface area (Å²) in [5.41, 5.74) is 0.859. The zero-order valence-electron chi connectivity index (χ0n) is 13.3. The van der Waals surface area contributed by atoms with Crippen molar-refractivity contribution in [3.8, 4) is 5.75 Å². The van der Waals surface area contributed by atoms with Crippen LogP contribution in [0.3, 0.4) is 0 Å². The average Bonchev–Trinajstić information content (AvgIpc) is 2.62. The first-order valence-electron chi connectivity index (χ1n) is 8.06. The molecule has 2 aromatic rings. The Morgan fingerprint density at radius 3 is 2.96 bits per heavy atom. The van der Waals surface area contributed by atoms with Crippen LogP contribution in [-0.4, -0.2) is 25.2 Å². The van der Waals surface area contributed by atoms with Gasteiger partial charge in [0.25, 0.3) is 5.91 Å². The summed E-state index contributed by atoms with van der Waals surface area (Å²) in [6.07, 6.45) is 5.89. The maximum atomic E-state index is 12.3. The molecular weight excluding hydrogens is 308 g/mol. The minimum absolute atomic E-state index is 0.0936. The Bertz CT molecular complexity index is 699. The van der Waals surface area contributed by atoms with E-state index in [0.29, 0.717) is 22.8 Å². The van der Waals surface area contributed by atoms with Crippen LogP contribution in [0.1, 0.15) is 29.6 Å². The highest BCUT2D eigenvalue weighted by Crippen LogP contribution is 2.25. The molecule has 1 aliphatic rings. The van der Waals surface area contributed by atoms with Crippen molar-refractivity contribution in [3.63, 3.8) is 0 Å². The summed E-state index contributed by atoms with van der Waals surface area (Å²) < 4.78 is 12.1. The highest BCUT2D eigenvalue weighted by atomic mass is 16.5. The molecule has 1 aromatic heterocycles. The molecule has 0 saturated carbocycles. The van der Waals surface area contributed by atoms with E-state index in [9.17, 15) is 10.0 Å². The van der Waals surface area contributed by atoms with Gasteiger partial charge in [-0.3, -0.25) is 4.79 Å². The van der Waals surface area contributed by atoms with Crippen LogP contribution in [0.5, 0.6) is 5.75 Å². The zero-order chi connectivity index (χ0) is 16.8. The van der Waals surface area contributed by atoms with E-state index in [0.717, 1.165) is 25.9 Å². The van der Waals surface area contributed by atoms with Crippen molar-refractivity contribution in [3.05, 3.63) is 59.6 Å². The molecule has 6 nitrogen and oxygen atoms in total. The predicted octanol–water partition coefficient (Wildman–Crippen LogP) is 2.52. The SMILES string of the molecule is O=C(Nc1ccccc1OCC1CCCCO1)c1ccc[n+]([O-])c1. The number of aromatic nitrogens is 1. The van der Waals surface area contributed by atoms with Gasteiger partial charge in [0.1, 0.15) is 17.9 Å². The number of anilines is 1. The zero-order valence-corrected chi connectivity index (χ0v) is 13.3. The smallest absolute Gasteiger partial charge is 0.261 e. The lowest BCUT2D eigenvalue weighted by atomic mass is 10.1. The van der Waals surface area contributed by atoms with Gasteiger partial charge >= 0.3 is 0 Å². The quantitative estimate of drug-likeness (QED) is 0.676. The molecule has 0 radical (unpaired) electrons. The highest BCUT2D eigenvalue weighted by molar-refractivity contribution is 6.04. The van der Waals surface area contributed by atoms with Crippen LogP contribution in [0.15, 0.2) is 48.8 Å². The molecule has 6 heteroatoms. The first-order valence-corrected chi connectivity index (χ1v) is 8.06. The van der Waals surface area contributed by atoms with E-state index in [2.05, 4.69) is 5.32 Å². The second-order valence-corrected chi connectivity index (χ2v) is 5.70. The molecule has 1 amide bonds. The Balaban J connectivity index is 1.66. The number of rotatable bonds is 5. The Hall–Kier alpha value is -2.60. The number of pyridine rings is 1. The number of carbonyl (C=O) groups excluding carboxylic acids is 1. The van der Waals surface area contributed by atoms with E-state index in [1.54, 1.807) is 18.2 Å². The first kappa shape index (κ1) is 16.3. The molecule has 0 bridgehead atoms. The third-order valence-electron chi connectivity index (χ3n) is 3.87. The third kappa shape index (κ3) is 4.23. The summed E-state index contributed by atoms with van der Waals surface area (Å²) in [7, 11) is 0. The van der Waals surface area contributed by atoms with Gasteiger partial charge in [0.05, 0.1) is 11.8 Å². The van der Waals surface area contributed by atoms with Crippen LogP contribution < -0.4 is 14.8 Å². The molecule has 0 aliphatic carbocycles. The topological polar surface area (TPSA) is 74.5 Å². The van der Waals surface area contributed by atoms with Gasteiger partial charge in [-0.1, -0.05) is 12.1 Å². The number of para-hydroxylation sites is 2. The molecule has 0 spiro atoms. The Morgan fingerprint density at radius 2 is 2.17 bits per heavy atom. The lowest BCUT2D eigenvalue weighted by molar-refractivity contribution is -0.605. The monoisotopic (exact) mass is 328 g/mol. The van der Waals surface area contributed by atoms with E-state index in [-0.39, 0.29) is 17.6 Å². The summed E-state index contributed by atoms with van der Waals surface area (Å²) in [6, 6.07) is 10.4. The minimum Gasteiger partial charge on any atom is -0.619 e. The number of carbonyl (C=O) groups is 1. The normalized spacial score (nSPS) is 17.2. The largest absolute Gasteiger partial charge is 0.619 e. The number of amides is 1. The fourth-order valence-electron chi connectivity index (χ4n) is 2.60. The highest BCUT2D eigenvalue weighted by Gasteiger charge is 2.16. The van der Waals surface area contributed by atoms with Crippen molar-refractivity contribution in [1.29, 1.82) is 0 Å². The first-order chi connectivity index (χ1) is 11.7. The number of hydrogen-bond acceptors (Lipinski definition) is 4. The molecule has 2 heterocycles. The molecule has 126 valence electrons. The fourth-order valence-corrected chi connectivity index (χ4v) is 2.60. The fraction of sp³-hybridized carbons (Fsp3) is 0.333. The molecule has 3 rings (SSSR count). The van der Waals surface area contributed by atoms with Crippen LogP contribution in [0, 0.1) is 5.21 Å². The molecule has 1 fully saturated rings. The number of nitrogens with one attached hydrogen (secondary N) is 1. The van der Waals surface area contributed by atoms with Crippen molar-refractivity contribution < 1.29 is 19.0 Å². The van der Waals surface area contributed by atoms with Gasteiger partial charge in [-0.05, 0) is 37.5 Å². The maximum Gasteiger partial charge on any atom is 0.261 e. The average molecular weight is 328 g/mol. The van der Waals surface area contributed by atoms with Crippen molar-refractivity contribution in [2.24, 2.45) is 0 Å². The van der Waals surface area contributed by atoms with Crippen LogP contribution in [0.2, 0.25) is 0 Å². The predicted molar refractivity (Wildman–Crippen MR) is 88.9 cm³/mol. The number of hydrogen-bond donors (Lipinski definition) is 1. The van der Waals surface area contributed by atoms with Crippen molar-refractivity contribution >= 4 is 11.6 Å². The van der Waals surface area contributed by atoms with Crippen molar-refractivity contribution in [2.45, 2.75) is 25.4 Å². The number of ether oxygens (including phenoxy) is 2. The van der Waals surface area contributed by atoms with Gasteiger partial charge in [-0.2, -0.15) is 4.73 Å². The van der Waals surface area contributed by atoms with E-state index >= 15 is 0 Å². The van der Waals surface area contributed by atoms with Gasteiger partial charge in [-0.25, -0.2) is 0 Å². The van der Waals surface area contributed by atoms with E-state index in [1.165, 1.54) is 18.5 Å². The lowest BCUT2D eigenvalue weighted by Crippen LogP contribution is -2.27. The number of nitrogens with zero attached hydrogens (tertiary/aromatic N) is 1. The molecule has 1 saturated heterocycles. The Labute approximate surface area is 140 Å². The molecule has 1 unspecified atom stereocenters. The summed E-state index contributed by atoms with van der Waals surface area (Å²) in [4.78, 5) is 12.3. The van der Waals surface area contributed by atoms with E-state index < -0.39 is 0 Å². The van der Waals surface area contributed by atoms with Gasteiger partial charge in [0.15, 0.2) is 12.4 Å². The van der Waals surface area contributed by atoms with Gasteiger partial charge in [0.2, 0.25) is 0 Å². The van der Waals surface area contributed by atoms with Crippen LogP contribution in [0.4, 0.5) is 5.69 Å².